The molecule has 0 bridgehead atoms. The second-order valence-corrected chi connectivity index (χ2v) is 10.7. The molecular formula is C29H34N2S. The van der Waals surface area contributed by atoms with Crippen molar-refractivity contribution in [2.75, 3.05) is 5.32 Å². The first-order chi connectivity index (χ1) is 15.0. The van der Waals surface area contributed by atoms with Crippen LogP contribution in [0.1, 0.15) is 55.5 Å². The predicted octanol–water partition coefficient (Wildman–Crippen LogP) is 7.62. The molecule has 0 saturated heterocycles. The second kappa shape index (κ2) is 9.72. The summed E-state index contributed by atoms with van der Waals surface area (Å²) < 4.78 is 0. The summed E-state index contributed by atoms with van der Waals surface area (Å²) in [4.78, 5) is 1.02. The lowest BCUT2D eigenvalue weighted by atomic mass is 9.83. The van der Waals surface area contributed by atoms with Crippen molar-refractivity contribution >= 4 is 33.5 Å². The summed E-state index contributed by atoms with van der Waals surface area (Å²) >= 11 is 0. The number of allylic oxidation sites excluding steroid dienone is 1. The zero-order chi connectivity index (χ0) is 23.5. The van der Waals surface area contributed by atoms with Crippen LogP contribution >= 0.6 is 10.7 Å². The van der Waals surface area contributed by atoms with E-state index in [1.807, 2.05) is 31.2 Å². The molecule has 3 N–H and O–H groups in total. The number of hydrogen-bond donors (Lipinski definition) is 2. The van der Waals surface area contributed by atoms with E-state index in [4.69, 9.17) is 5.14 Å². The molecule has 3 rings (SSSR count). The van der Waals surface area contributed by atoms with Crippen LogP contribution in [-0.2, 0) is 11.8 Å². The summed E-state index contributed by atoms with van der Waals surface area (Å²) in [6, 6.07) is 23.4. The number of benzene rings is 3. The third kappa shape index (κ3) is 5.87. The van der Waals surface area contributed by atoms with Gasteiger partial charge in [0, 0.05) is 21.8 Å². The topological polar surface area (TPSA) is 38.0 Å². The van der Waals surface area contributed by atoms with E-state index >= 15 is 0 Å². The Labute approximate surface area is 196 Å². The maximum absolute atomic E-state index is 5.99. The maximum Gasteiger partial charge on any atom is 0.0395 e. The Balaban J connectivity index is 1.98. The van der Waals surface area contributed by atoms with Crippen molar-refractivity contribution in [1.82, 2.24) is 0 Å². The predicted molar refractivity (Wildman–Crippen MR) is 145 cm³/mol. The molecule has 166 valence electrons. The van der Waals surface area contributed by atoms with Gasteiger partial charge in [0.05, 0.1) is 0 Å². The molecule has 0 spiro atoms. The first kappa shape index (κ1) is 23.8. The lowest BCUT2D eigenvalue weighted by molar-refractivity contribution is 0.589. The average molecular weight is 443 g/mol. The molecule has 0 radical (unpaired) electrons. The number of nitrogens with one attached hydrogen (secondary N) is 1. The molecule has 0 aliphatic heterocycles. The van der Waals surface area contributed by atoms with Gasteiger partial charge in [-0.2, -0.15) is 0 Å². The van der Waals surface area contributed by atoms with Gasteiger partial charge in [0.15, 0.2) is 0 Å². The van der Waals surface area contributed by atoms with Crippen molar-refractivity contribution in [3.63, 3.8) is 0 Å². The first-order valence-corrected chi connectivity index (χ1v) is 12.2. The Kier molecular flexibility index (Phi) is 7.22. The molecule has 0 amide bonds. The molecule has 0 fully saturated rings. The van der Waals surface area contributed by atoms with Crippen molar-refractivity contribution in [2.45, 2.75) is 44.4 Å². The van der Waals surface area contributed by atoms with Gasteiger partial charge in [0.1, 0.15) is 0 Å². The fourth-order valence-electron chi connectivity index (χ4n) is 3.65. The summed E-state index contributed by atoms with van der Waals surface area (Å²) in [6.45, 7) is 17.2. The Morgan fingerprint density at radius 2 is 1.69 bits per heavy atom. The van der Waals surface area contributed by atoms with Crippen molar-refractivity contribution in [2.24, 2.45) is 5.14 Å². The fraction of sp³-hybridized carbons (Fsp3) is 0.207. The standard InChI is InChI=1S/C29H34N2S/c1-20(2)23-11-8-10-22(16-23)17-24-18-25(29(4,5)6)14-15-28(24)21(3)31-26-12-9-13-27(19-26)32(7)30/h8-16,18-19,31H,1,3,7,17,30H2,2,4-6H3. The van der Waals surface area contributed by atoms with E-state index in [0.29, 0.717) is 0 Å². The van der Waals surface area contributed by atoms with Gasteiger partial charge in [-0.3, -0.25) is 5.14 Å². The van der Waals surface area contributed by atoms with Crippen molar-refractivity contribution in [3.8, 4) is 0 Å². The summed E-state index contributed by atoms with van der Waals surface area (Å²) in [6.07, 6.45) is 0.826. The highest BCUT2D eigenvalue weighted by Crippen LogP contribution is 2.30. The summed E-state index contributed by atoms with van der Waals surface area (Å²) in [7, 11) is -0.526. The lowest BCUT2D eigenvalue weighted by Gasteiger charge is -2.23. The van der Waals surface area contributed by atoms with E-state index in [9.17, 15) is 0 Å². The normalized spacial score (nSPS) is 12.3. The molecule has 0 aliphatic carbocycles. The quantitative estimate of drug-likeness (QED) is 0.369. The Morgan fingerprint density at radius 1 is 0.969 bits per heavy atom. The van der Waals surface area contributed by atoms with Crippen LogP contribution in [0.25, 0.3) is 11.3 Å². The van der Waals surface area contributed by atoms with Crippen LogP contribution in [0.15, 0.2) is 84.8 Å². The van der Waals surface area contributed by atoms with Crippen LogP contribution < -0.4 is 10.5 Å². The Morgan fingerprint density at radius 3 is 2.34 bits per heavy atom. The summed E-state index contributed by atoms with van der Waals surface area (Å²) in [5, 5.41) is 9.47. The molecule has 0 aromatic heterocycles. The second-order valence-electron chi connectivity index (χ2n) is 9.34. The largest absolute Gasteiger partial charge is 0.355 e. The molecule has 32 heavy (non-hydrogen) atoms. The summed E-state index contributed by atoms with van der Waals surface area (Å²) in [5.41, 5.74) is 9.10. The minimum atomic E-state index is -0.526. The molecular weight excluding hydrogens is 408 g/mol. The molecule has 3 heteroatoms. The zero-order valence-electron chi connectivity index (χ0n) is 19.7. The van der Waals surface area contributed by atoms with Crippen LogP contribution in [-0.4, -0.2) is 5.87 Å². The van der Waals surface area contributed by atoms with Gasteiger partial charge in [-0.25, -0.2) is 0 Å². The van der Waals surface area contributed by atoms with Crippen molar-refractivity contribution in [3.05, 3.63) is 108 Å². The minimum absolute atomic E-state index is 0.0706. The molecule has 2 nitrogen and oxygen atoms in total. The van der Waals surface area contributed by atoms with E-state index in [0.717, 1.165) is 33.8 Å². The molecule has 1 atom stereocenters. The average Bonchev–Trinajstić information content (AvgIpc) is 2.73. The van der Waals surface area contributed by atoms with Crippen LogP contribution in [0.5, 0.6) is 0 Å². The van der Waals surface area contributed by atoms with Crippen molar-refractivity contribution in [1.29, 1.82) is 0 Å². The smallest absolute Gasteiger partial charge is 0.0395 e. The van der Waals surface area contributed by atoms with Gasteiger partial charge < -0.3 is 5.32 Å². The molecule has 3 aromatic carbocycles. The van der Waals surface area contributed by atoms with Gasteiger partial charge in [-0.1, -0.05) is 105 Å². The van der Waals surface area contributed by atoms with E-state index in [1.54, 1.807) is 0 Å². The maximum atomic E-state index is 5.99. The van der Waals surface area contributed by atoms with Crippen LogP contribution in [0, 0.1) is 0 Å². The number of hydrogen-bond acceptors (Lipinski definition) is 2. The number of rotatable bonds is 7. The monoisotopic (exact) mass is 442 g/mol. The fourth-order valence-corrected chi connectivity index (χ4v) is 4.18. The lowest BCUT2D eigenvalue weighted by Crippen LogP contribution is -2.13. The van der Waals surface area contributed by atoms with Crippen molar-refractivity contribution < 1.29 is 0 Å². The number of nitrogens with two attached hydrogens (primary N) is 1. The van der Waals surface area contributed by atoms with Gasteiger partial charge in [-0.05, 0) is 59.2 Å². The van der Waals surface area contributed by atoms with Gasteiger partial charge in [0.25, 0.3) is 0 Å². The number of anilines is 1. The van der Waals surface area contributed by atoms with Crippen LogP contribution in [0.2, 0.25) is 0 Å². The molecule has 0 aliphatic rings. The Bertz CT molecular complexity index is 1180. The van der Waals surface area contributed by atoms with E-state index in [-0.39, 0.29) is 5.41 Å². The van der Waals surface area contributed by atoms with Crippen LogP contribution in [0.3, 0.4) is 0 Å². The highest BCUT2D eigenvalue weighted by atomic mass is 32.2. The third-order valence-corrected chi connectivity index (χ3v) is 6.40. The van der Waals surface area contributed by atoms with E-state index in [1.165, 1.54) is 22.3 Å². The van der Waals surface area contributed by atoms with E-state index in [2.05, 4.69) is 87.6 Å². The van der Waals surface area contributed by atoms with Gasteiger partial charge in [0.2, 0.25) is 0 Å². The molecule has 0 heterocycles. The van der Waals surface area contributed by atoms with Gasteiger partial charge in [-0.15, -0.1) is 0 Å². The van der Waals surface area contributed by atoms with Gasteiger partial charge >= 0.3 is 0 Å². The Hall–Kier alpha value is -2.88. The molecule has 0 saturated carbocycles. The van der Waals surface area contributed by atoms with E-state index < -0.39 is 10.7 Å². The molecule has 1 unspecified atom stereocenters. The highest BCUT2D eigenvalue weighted by Gasteiger charge is 2.17. The minimum Gasteiger partial charge on any atom is -0.355 e. The van der Waals surface area contributed by atoms with Crippen LogP contribution in [0.4, 0.5) is 5.69 Å². The SMILES string of the molecule is C=C(C)c1cccc(Cc2cc(C(C)(C)C)ccc2C(=C)Nc2cccc(S(=C)N)c2)c1. The third-order valence-electron chi connectivity index (χ3n) is 5.54. The zero-order valence-corrected chi connectivity index (χ0v) is 20.5. The highest BCUT2D eigenvalue weighted by molar-refractivity contribution is 8.12. The molecule has 3 aromatic rings. The summed E-state index contributed by atoms with van der Waals surface area (Å²) in [5.74, 6) is 3.95. The first-order valence-electron chi connectivity index (χ1n) is 10.8.